The van der Waals surface area contributed by atoms with Crippen LogP contribution in [-0.2, 0) is 4.74 Å². The molecule has 1 fully saturated rings. The number of aromatic nitrogens is 2. The van der Waals surface area contributed by atoms with E-state index in [0.717, 1.165) is 5.69 Å². The number of amides is 2. The Bertz CT molecular complexity index is 1170. The summed E-state index contributed by atoms with van der Waals surface area (Å²) in [6.45, 7) is 3.20. The minimum absolute atomic E-state index is 0.0566. The molecule has 9 heteroatoms. The van der Waals surface area contributed by atoms with Crippen molar-refractivity contribution < 1.29 is 23.8 Å². The zero-order valence-corrected chi connectivity index (χ0v) is 20.2. The first-order chi connectivity index (χ1) is 17.0. The van der Waals surface area contributed by atoms with Crippen LogP contribution in [0.25, 0.3) is 16.9 Å². The summed E-state index contributed by atoms with van der Waals surface area (Å²) in [6.07, 6.45) is 2.73. The van der Waals surface area contributed by atoms with Crippen LogP contribution in [0.2, 0.25) is 0 Å². The highest BCUT2D eigenvalue weighted by atomic mass is 16.6. The van der Waals surface area contributed by atoms with Crippen molar-refractivity contribution in [2.45, 2.75) is 25.8 Å². The number of methoxy groups -OCH3 is 2. The smallest absolute Gasteiger partial charge is 0.409 e. The summed E-state index contributed by atoms with van der Waals surface area (Å²) in [4.78, 5) is 27.1. The number of nitrogens with one attached hydrogen (secondary N) is 1. The molecule has 1 aliphatic rings. The Morgan fingerprint density at radius 2 is 1.80 bits per heavy atom. The molecule has 0 spiro atoms. The summed E-state index contributed by atoms with van der Waals surface area (Å²) in [6, 6.07) is 15.0. The standard InChI is InChI=1S/C26H30N4O5/c1-4-35-26(32)29-14-12-18(13-15-29)27-25(31)22-17-30(19-8-6-5-7-9-19)28-24(22)21-11-10-20(33-2)16-23(21)34-3/h5-11,16-18H,4,12-15H2,1-3H3,(H,27,31). The molecule has 9 nitrogen and oxygen atoms in total. The first-order valence-electron chi connectivity index (χ1n) is 11.6. The highest BCUT2D eigenvalue weighted by Gasteiger charge is 2.27. The number of carbonyl (C=O) groups excluding carboxylic acids is 2. The average Bonchev–Trinajstić information content (AvgIpc) is 3.35. The lowest BCUT2D eigenvalue weighted by atomic mass is 10.0. The molecule has 35 heavy (non-hydrogen) atoms. The summed E-state index contributed by atoms with van der Waals surface area (Å²) in [5, 5.41) is 7.88. The molecule has 1 N–H and O–H groups in total. The van der Waals surface area contributed by atoms with E-state index in [1.54, 1.807) is 43.0 Å². The van der Waals surface area contributed by atoms with Crippen LogP contribution in [0.4, 0.5) is 4.79 Å². The third kappa shape index (κ3) is 5.40. The fourth-order valence-corrected chi connectivity index (χ4v) is 4.13. The number of carbonyl (C=O) groups is 2. The minimum atomic E-state index is -0.310. The fraction of sp³-hybridized carbons (Fsp3) is 0.346. The topological polar surface area (TPSA) is 94.9 Å². The van der Waals surface area contributed by atoms with Gasteiger partial charge in [-0.1, -0.05) is 18.2 Å². The zero-order chi connectivity index (χ0) is 24.8. The molecule has 0 atom stereocenters. The van der Waals surface area contributed by atoms with Crippen LogP contribution in [0.3, 0.4) is 0 Å². The maximum absolute atomic E-state index is 13.5. The molecule has 0 unspecified atom stereocenters. The predicted molar refractivity (Wildman–Crippen MR) is 131 cm³/mol. The Labute approximate surface area is 204 Å². The van der Waals surface area contributed by atoms with E-state index in [-0.39, 0.29) is 18.0 Å². The van der Waals surface area contributed by atoms with E-state index < -0.39 is 0 Å². The van der Waals surface area contributed by atoms with Crippen LogP contribution in [-0.4, -0.2) is 66.6 Å². The second kappa shape index (κ2) is 10.9. The number of benzene rings is 2. The zero-order valence-electron chi connectivity index (χ0n) is 20.2. The SMILES string of the molecule is CCOC(=O)N1CCC(NC(=O)c2cn(-c3ccccc3)nc2-c2ccc(OC)cc2OC)CC1. The number of piperidine rings is 1. The molecular weight excluding hydrogens is 448 g/mol. The maximum atomic E-state index is 13.5. The van der Waals surface area contributed by atoms with Crippen LogP contribution in [0.15, 0.2) is 54.7 Å². The predicted octanol–water partition coefficient (Wildman–Crippen LogP) is 3.91. The normalized spacial score (nSPS) is 13.9. The average molecular weight is 479 g/mol. The highest BCUT2D eigenvalue weighted by Crippen LogP contribution is 2.35. The largest absolute Gasteiger partial charge is 0.497 e. The lowest BCUT2D eigenvalue weighted by Crippen LogP contribution is -2.46. The summed E-state index contributed by atoms with van der Waals surface area (Å²) in [5.41, 5.74) is 2.47. The van der Waals surface area contributed by atoms with Crippen molar-refractivity contribution in [1.29, 1.82) is 0 Å². The number of para-hydroxylation sites is 1. The van der Waals surface area contributed by atoms with Gasteiger partial charge < -0.3 is 24.4 Å². The van der Waals surface area contributed by atoms with E-state index in [4.69, 9.17) is 19.3 Å². The van der Waals surface area contributed by atoms with Crippen molar-refractivity contribution in [3.8, 4) is 28.4 Å². The number of rotatable bonds is 7. The number of likely N-dealkylation sites (tertiary alicyclic amines) is 1. The van der Waals surface area contributed by atoms with Gasteiger partial charge in [0.05, 0.1) is 32.1 Å². The molecule has 0 aliphatic carbocycles. The summed E-state index contributed by atoms with van der Waals surface area (Å²) < 4.78 is 17.7. The Hall–Kier alpha value is -4.01. The fourth-order valence-electron chi connectivity index (χ4n) is 4.13. The van der Waals surface area contributed by atoms with Gasteiger partial charge in [0.2, 0.25) is 0 Å². The number of hydrogen-bond acceptors (Lipinski definition) is 6. The lowest BCUT2D eigenvalue weighted by molar-refractivity contribution is 0.0860. The number of hydrogen-bond donors (Lipinski definition) is 1. The minimum Gasteiger partial charge on any atom is -0.497 e. The van der Waals surface area contributed by atoms with Crippen LogP contribution in [0, 0.1) is 0 Å². The molecule has 184 valence electrons. The quantitative estimate of drug-likeness (QED) is 0.553. The van der Waals surface area contributed by atoms with Gasteiger partial charge in [-0.05, 0) is 44.0 Å². The second-order valence-corrected chi connectivity index (χ2v) is 8.17. The van der Waals surface area contributed by atoms with Crippen LogP contribution >= 0.6 is 0 Å². The molecule has 1 aliphatic heterocycles. The number of ether oxygens (including phenoxy) is 3. The maximum Gasteiger partial charge on any atom is 0.409 e. The van der Waals surface area contributed by atoms with Crippen LogP contribution in [0.5, 0.6) is 11.5 Å². The van der Waals surface area contributed by atoms with Crippen LogP contribution < -0.4 is 14.8 Å². The van der Waals surface area contributed by atoms with Gasteiger partial charge >= 0.3 is 6.09 Å². The van der Waals surface area contributed by atoms with Gasteiger partial charge in [-0.3, -0.25) is 4.79 Å². The molecule has 2 heterocycles. The lowest BCUT2D eigenvalue weighted by Gasteiger charge is -2.31. The number of nitrogens with zero attached hydrogens (tertiary/aromatic N) is 3. The van der Waals surface area contributed by atoms with Gasteiger partial charge in [-0.15, -0.1) is 0 Å². The molecule has 4 rings (SSSR count). The Morgan fingerprint density at radius 1 is 1.06 bits per heavy atom. The van der Waals surface area contributed by atoms with E-state index in [0.29, 0.717) is 60.9 Å². The van der Waals surface area contributed by atoms with Gasteiger partial charge in [-0.25, -0.2) is 9.48 Å². The summed E-state index contributed by atoms with van der Waals surface area (Å²) >= 11 is 0. The molecule has 3 aromatic rings. The first-order valence-corrected chi connectivity index (χ1v) is 11.6. The van der Waals surface area contributed by atoms with Crippen molar-refractivity contribution >= 4 is 12.0 Å². The van der Waals surface area contributed by atoms with Gasteiger partial charge in [0, 0.05) is 37.0 Å². The first kappa shape index (κ1) is 24.1. The molecule has 2 aromatic carbocycles. The Morgan fingerprint density at radius 3 is 2.46 bits per heavy atom. The monoisotopic (exact) mass is 478 g/mol. The Kier molecular flexibility index (Phi) is 7.54. The van der Waals surface area contributed by atoms with Crippen LogP contribution in [0.1, 0.15) is 30.1 Å². The van der Waals surface area contributed by atoms with Gasteiger partial charge in [-0.2, -0.15) is 5.10 Å². The third-order valence-corrected chi connectivity index (χ3v) is 6.00. The molecule has 0 saturated carbocycles. The third-order valence-electron chi connectivity index (χ3n) is 6.00. The molecule has 0 bridgehead atoms. The van der Waals surface area contributed by atoms with Crippen molar-refractivity contribution in [2.75, 3.05) is 33.9 Å². The summed E-state index contributed by atoms with van der Waals surface area (Å²) in [7, 11) is 3.16. The molecule has 1 aromatic heterocycles. The van der Waals surface area contributed by atoms with Gasteiger partial charge in [0.1, 0.15) is 17.2 Å². The second-order valence-electron chi connectivity index (χ2n) is 8.17. The van der Waals surface area contributed by atoms with E-state index in [1.165, 1.54) is 0 Å². The van der Waals surface area contributed by atoms with Crippen molar-refractivity contribution in [3.05, 3.63) is 60.3 Å². The molecule has 2 amide bonds. The van der Waals surface area contributed by atoms with E-state index in [9.17, 15) is 9.59 Å². The van der Waals surface area contributed by atoms with E-state index in [2.05, 4.69) is 5.32 Å². The highest BCUT2D eigenvalue weighted by molar-refractivity contribution is 6.00. The van der Waals surface area contributed by atoms with E-state index >= 15 is 0 Å². The molecule has 0 radical (unpaired) electrons. The van der Waals surface area contributed by atoms with Crippen molar-refractivity contribution in [2.24, 2.45) is 0 Å². The summed E-state index contributed by atoms with van der Waals surface area (Å²) in [5.74, 6) is 0.974. The van der Waals surface area contributed by atoms with Crippen molar-refractivity contribution in [3.63, 3.8) is 0 Å². The van der Waals surface area contributed by atoms with Gasteiger partial charge in [0.15, 0.2) is 0 Å². The molecular formula is C26H30N4O5. The Balaban J connectivity index is 1.61. The van der Waals surface area contributed by atoms with E-state index in [1.807, 2.05) is 42.5 Å². The molecule has 1 saturated heterocycles. The van der Waals surface area contributed by atoms with Gasteiger partial charge in [0.25, 0.3) is 5.91 Å². The van der Waals surface area contributed by atoms with Crippen molar-refractivity contribution in [1.82, 2.24) is 20.0 Å².